The van der Waals surface area contributed by atoms with Gasteiger partial charge in [-0.25, -0.2) is 0 Å². The normalized spacial score (nSPS) is 9.47. The van der Waals surface area contributed by atoms with Crippen molar-refractivity contribution in [2.45, 2.75) is 13.3 Å². The van der Waals surface area contributed by atoms with E-state index in [0.717, 1.165) is 5.56 Å². The van der Waals surface area contributed by atoms with Crippen LogP contribution in [0.2, 0.25) is 0 Å². The second-order valence-electron chi connectivity index (χ2n) is 3.55. The zero-order chi connectivity index (χ0) is 12.1. The number of rotatable bonds is 1. The molecule has 0 amide bonds. The highest BCUT2D eigenvalue weighted by molar-refractivity contribution is 5.43. The lowest BCUT2D eigenvalue weighted by Gasteiger charge is -1.97. The first kappa shape index (κ1) is 11.2. The van der Waals surface area contributed by atoms with E-state index in [1.54, 1.807) is 0 Å². The summed E-state index contributed by atoms with van der Waals surface area (Å²) in [5.74, 6) is 6.50. The lowest BCUT2D eigenvalue weighted by Crippen LogP contribution is -2.06. The van der Waals surface area contributed by atoms with Crippen molar-refractivity contribution in [2.24, 2.45) is 0 Å². The van der Waals surface area contributed by atoms with Crippen LogP contribution in [0.3, 0.4) is 0 Å². The van der Waals surface area contributed by atoms with Crippen LogP contribution in [0.1, 0.15) is 23.8 Å². The Morgan fingerprint density at radius 3 is 2.59 bits per heavy atom. The van der Waals surface area contributed by atoms with E-state index in [-0.39, 0.29) is 5.43 Å². The van der Waals surface area contributed by atoms with Crippen molar-refractivity contribution >= 4 is 0 Å². The molecule has 0 spiro atoms. The summed E-state index contributed by atoms with van der Waals surface area (Å²) in [5, 5.41) is 0. The number of benzene rings is 1. The minimum atomic E-state index is -0.0865. The predicted octanol–water partition coefficient (Wildman–Crippen LogP) is 2.60. The topological polar surface area (TPSA) is 30.2 Å². The molecule has 0 unspecified atom stereocenters. The molecule has 0 saturated heterocycles. The fourth-order valence-corrected chi connectivity index (χ4v) is 1.51. The Balaban J connectivity index is 2.44. The second kappa shape index (κ2) is 5.18. The Labute approximate surface area is 99.9 Å². The maximum atomic E-state index is 11.7. The Morgan fingerprint density at radius 1 is 1.12 bits per heavy atom. The average molecular weight is 224 g/mol. The van der Waals surface area contributed by atoms with Gasteiger partial charge in [0, 0.05) is 18.1 Å². The average Bonchev–Trinajstić information content (AvgIpc) is 2.38. The molecule has 0 aliphatic carbocycles. The molecule has 2 rings (SSSR count). The third-order valence-corrected chi connectivity index (χ3v) is 2.38. The molecule has 2 nitrogen and oxygen atoms in total. The van der Waals surface area contributed by atoms with Gasteiger partial charge in [-0.2, -0.15) is 0 Å². The van der Waals surface area contributed by atoms with Crippen molar-refractivity contribution in [2.75, 3.05) is 0 Å². The molecule has 1 heterocycles. The summed E-state index contributed by atoms with van der Waals surface area (Å²) in [5.41, 5.74) is 1.26. The smallest absolute Gasteiger partial charge is 0.200 e. The van der Waals surface area contributed by atoms with Gasteiger partial charge in [0.2, 0.25) is 5.43 Å². The molecule has 2 aromatic rings. The number of hydrogen-bond donors (Lipinski definition) is 0. The van der Waals surface area contributed by atoms with Crippen LogP contribution in [0.5, 0.6) is 0 Å². The fraction of sp³-hybridized carbons (Fsp3) is 0.133. The Bertz CT molecular complexity index is 613. The van der Waals surface area contributed by atoms with Gasteiger partial charge in [-0.05, 0) is 12.1 Å². The largest absolute Gasteiger partial charge is 0.468 e. The molecule has 0 bridgehead atoms. The van der Waals surface area contributed by atoms with E-state index in [9.17, 15) is 4.79 Å². The quantitative estimate of drug-likeness (QED) is 0.697. The van der Waals surface area contributed by atoms with Crippen LogP contribution in [0.4, 0.5) is 0 Å². The molecule has 0 atom stereocenters. The molecule has 0 N–H and O–H groups in total. The molecular formula is C15H12O2. The van der Waals surface area contributed by atoms with Gasteiger partial charge >= 0.3 is 0 Å². The molecule has 1 aromatic heterocycles. The third-order valence-electron chi connectivity index (χ3n) is 2.38. The first-order valence-corrected chi connectivity index (χ1v) is 5.49. The molecule has 0 radical (unpaired) electrons. The van der Waals surface area contributed by atoms with E-state index in [0.29, 0.717) is 17.7 Å². The second-order valence-corrected chi connectivity index (χ2v) is 3.55. The van der Waals surface area contributed by atoms with Crippen LogP contribution < -0.4 is 5.43 Å². The van der Waals surface area contributed by atoms with Gasteiger partial charge in [0.05, 0.1) is 6.26 Å². The summed E-state index contributed by atoms with van der Waals surface area (Å²) in [6.45, 7) is 1.94. The first-order chi connectivity index (χ1) is 8.31. The van der Waals surface area contributed by atoms with Gasteiger partial charge in [0.15, 0.2) is 0 Å². The Kier molecular flexibility index (Phi) is 3.42. The van der Waals surface area contributed by atoms with E-state index in [2.05, 4.69) is 11.8 Å². The first-order valence-electron chi connectivity index (χ1n) is 5.49. The van der Waals surface area contributed by atoms with E-state index < -0.39 is 0 Å². The molecule has 1 aromatic carbocycles. The summed E-state index contributed by atoms with van der Waals surface area (Å²) >= 11 is 0. The third kappa shape index (κ3) is 2.64. The van der Waals surface area contributed by atoms with Crippen molar-refractivity contribution < 1.29 is 4.42 Å². The molecule has 0 aliphatic heterocycles. The van der Waals surface area contributed by atoms with Gasteiger partial charge in [-0.1, -0.05) is 37.0 Å². The highest BCUT2D eigenvalue weighted by Crippen LogP contribution is 2.04. The van der Waals surface area contributed by atoms with Crippen molar-refractivity contribution in [3.63, 3.8) is 0 Å². The predicted molar refractivity (Wildman–Crippen MR) is 66.8 cm³/mol. The lowest BCUT2D eigenvalue weighted by molar-refractivity contribution is 0.494. The van der Waals surface area contributed by atoms with E-state index in [4.69, 9.17) is 4.42 Å². The van der Waals surface area contributed by atoms with Crippen molar-refractivity contribution in [1.82, 2.24) is 0 Å². The molecule has 17 heavy (non-hydrogen) atoms. The monoisotopic (exact) mass is 224 g/mol. The minimum Gasteiger partial charge on any atom is -0.468 e. The van der Waals surface area contributed by atoms with Gasteiger partial charge in [0.1, 0.15) is 11.3 Å². The molecule has 0 fully saturated rings. The van der Waals surface area contributed by atoms with Crippen molar-refractivity contribution in [3.05, 3.63) is 69.8 Å². The molecule has 2 heteroatoms. The fourth-order valence-electron chi connectivity index (χ4n) is 1.51. The number of aryl methyl sites for hydroxylation is 1. The van der Waals surface area contributed by atoms with E-state index in [1.807, 2.05) is 37.3 Å². The maximum absolute atomic E-state index is 11.7. The molecule has 84 valence electrons. The van der Waals surface area contributed by atoms with Gasteiger partial charge in [-0.3, -0.25) is 4.79 Å². The Morgan fingerprint density at radius 2 is 1.88 bits per heavy atom. The lowest BCUT2D eigenvalue weighted by atomic mass is 10.1. The van der Waals surface area contributed by atoms with E-state index >= 15 is 0 Å². The van der Waals surface area contributed by atoms with Crippen molar-refractivity contribution in [1.29, 1.82) is 0 Å². The van der Waals surface area contributed by atoms with E-state index in [1.165, 1.54) is 12.3 Å². The zero-order valence-corrected chi connectivity index (χ0v) is 9.57. The van der Waals surface area contributed by atoms with Crippen LogP contribution in [-0.2, 0) is 6.42 Å². The van der Waals surface area contributed by atoms with Crippen LogP contribution in [0.15, 0.2) is 51.9 Å². The maximum Gasteiger partial charge on any atom is 0.200 e. The summed E-state index contributed by atoms with van der Waals surface area (Å²) in [6.07, 6.45) is 2.07. The SMILES string of the molecule is CCc1occc(=O)c1C#Cc1ccccc1. The van der Waals surface area contributed by atoms with Gasteiger partial charge < -0.3 is 4.42 Å². The minimum absolute atomic E-state index is 0.0865. The van der Waals surface area contributed by atoms with Gasteiger partial charge in [0.25, 0.3) is 0 Å². The molecular weight excluding hydrogens is 212 g/mol. The van der Waals surface area contributed by atoms with Crippen LogP contribution in [0.25, 0.3) is 0 Å². The van der Waals surface area contributed by atoms with Gasteiger partial charge in [-0.15, -0.1) is 0 Å². The zero-order valence-electron chi connectivity index (χ0n) is 9.57. The van der Waals surface area contributed by atoms with Crippen molar-refractivity contribution in [3.8, 4) is 11.8 Å². The summed E-state index contributed by atoms with van der Waals surface area (Å²) in [6, 6.07) is 11.0. The highest BCUT2D eigenvalue weighted by Gasteiger charge is 2.03. The Hall–Kier alpha value is -2.27. The molecule has 0 aliphatic rings. The van der Waals surface area contributed by atoms with Crippen LogP contribution in [0, 0.1) is 11.8 Å². The highest BCUT2D eigenvalue weighted by atomic mass is 16.3. The summed E-state index contributed by atoms with van der Waals surface area (Å²) < 4.78 is 5.27. The molecule has 0 saturated carbocycles. The van der Waals surface area contributed by atoms with Crippen LogP contribution in [-0.4, -0.2) is 0 Å². The summed E-state index contributed by atoms with van der Waals surface area (Å²) in [7, 11) is 0. The standard InChI is InChI=1S/C15H12O2/c1-2-15-13(14(16)10-11-17-15)9-8-12-6-4-3-5-7-12/h3-7,10-11H,2H2,1H3. The summed E-state index contributed by atoms with van der Waals surface area (Å²) in [4.78, 5) is 11.7. The number of hydrogen-bond acceptors (Lipinski definition) is 2. The van der Waals surface area contributed by atoms with Crippen LogP contribution >= 0.6 is 0 Å².